The molecule has 13 N–H and O–H groups in total. The Kier molecular flexibility index (Phi) is 38.6. The van der Waals surface area contributed by atoms with Gasteiger partial charge >= 0.3 is 52.0 Å². The summed E-state index contributed by atoms with van der Waals surface area (Å²) in [5, 5.41) is 84.0. The Balaban J connectivity index is 0.746. The highest BCUT2D eigenvalue weighted by Crippen LogP contribution is 2.43. The first-order valence-corrected chi connectivity index (χ1v) is 46.6. The molecule has 65 heteroatoms. The summed E-state index contributed by atoms with van der Waals surface area (Å²) in [6.07, 6.45) is -47.4. The summed E-state index contributed by atoms with van der Waals surface area (Å²) >= 11 is 0. The minimum atomic E-state index is -5.28. The summed E-state index contributed by atoms with van der Waals surface area (Å²) < 4.78 is 316. The second-order valence-corrected chi connectivity index (χ2v) is 36.7. The summed E-state index contributed by atoms with van der Waals surface area (Å²) in [6, 6.07) is -6.94. The zero-order chi connectivity index (χ0) is 93.7. The number of nitrogens with two attached hydrogens (primary N) is 1. The zero-order valence-corrected chi connectivity index (χ0v) is 72.8. The van der Waals surface area contributed by atoms with Gasteiger partial charge in [-0.2, -0.15) is 42.1 Å². The van der Waals surface area contributed by atoms with Crippen LogP contribution in [0.2, 0.25) is 0 Å². The fraction of sp³-hybridized carbons (Fsp3) is 1.00. The molecular formula is C63H105N13O47S5. The molecule has 10 heterocycles. The van der Waals surface area contributed by atoms with Crippen molar-refractivity contribution in [2.45, 2.75) is 294 Å². The Labute approximate surface area is 730 Å². The van der Waals surface area contributed by atoms with Gasteiger partial charge < -0.3 is 136 Å². The molecule has 10 saturated heterocycles. The minimum absolute atomic E-state index is 0.179. The third-order valence-electron chi connectivity index (χ3n) is 22.5. The standard InChI is InChI=1S/C63H105N13O47S5/c1-7-8-99-33-14-100-47(9-28(33)77)123-58-42(23-109-128(95,96)97)118-63(52(53(58)82)72-76-68)113-37-18-104-46(13-32(37)81)122-57-27(5)51(71-75-67)62(117-41(57)22-108-127(92,93)94)112-36-17-103-45(12-31(36)80)121-56-26(4)50(70-74-66)61(116-40(56)21-107-126(89,90)91)111-35-16-102-44(11-30(35)79)120-55-25(3)49(69-73-65)60(115-39(55)20-106-125(86,87)88)110-34-15-101-43(10-29(34)78)119-54-24(2)48(64)59(98-6)114-38(54)19-105-124(83,84)85/h24-63,77-82H,7-23,64H2,1-6H3,(H,83,84,85)(H,86,87,88)(H,89,90,91)(H,92,93,94)(H,95,96,97)/t24-,25-,26-,27-,28+,29+,30+,31+,32+,33-,34+,35+,36?,37+,38?,39?,40?,41?,42?,43+,44+,45+,46+,47+,48?,49?,50?,51?,52?,53-,54+,55+,56+,57+,58-,59-,60-,61-,62-,63-/m1/s1. The molecule has 60 nitrogen and oxygen atoms in total. The van der Waals surface area contributed by atoms with Gasteiger partial charge in [-0.15, -0.1) is 0 Å². The molecule has 0 radical (unpaired) electrons. The van der Waals surface area contributed by atoms with E-state index in [1.807, 2.05) is 6.92 Å². The number of hydrogen-bond acceptors (Lipinski definition) is 47. The van der Waals surface area contributed by atoms with Crippen molar-refractivity contribution in [3.8, 4) is 0 Å². The van der Waals surface area contributed by atoms with Crippen molar-refractivity contribution in [1.29, 1.82) is 0 Å². The first-order chi connectivity index (χ1) is 60.3. The number of ether oxygens (including phenoxy) is 21. The van der Waals surface area contributed by atoms with E-state index >= 15 is 0 Å². The van der Waals surface area contributed by atoms with Gasteiger partial charge in [-0.1, -0.05) is 55.1 Å². The van der Waals surface area contributed by atoms with Crippen molar-refractivity contribution in [1.82, 2.24) is 0 Å². The molecule has 11 unspecified atom stereocenters. The summed E-state index contributed by atoms with van der Waals surface area (Å²) in [7, 11) is -24.6. The van der Waals surface area contributed by atoms with Gasteiger partial charge in [0, 0.05) is 71.4 Å². The van der Waals surface area contributed by atoms with E-state index in [1.54, 1.807) is 6.92 Å². The molecule has 10 rings (SSSR count). The number of rotatable bonds is 41. The van der Waals surface area contributed by atoms with Crippen LogP contribution in [0.1, 0.15) is 73.1 Å². The van der Waals surface area contributed by atoms with Crippen molar-refractivity contribution in [3.63, 3.8) is 0 Å². The average Bonchev–Trinajstić information content (AvgIpc) is 0.784. The minimum Gasteiger partial charge on any atom is -0.390 e. The average molecular weight is 1960 g/mol. The highest BCUT2D eigenvalue weighted by molar-refractivity contribution is 7.81. The quantitative estimate of drug-likeness (QED) is 0.0126. The highest BCUT2D eigenvalue weighted by atomic mass is 32.3. The monoisotopic (exact) mass is 1960 g/mol. The molecule has 0 saturated carbocycles. The molecule has 0 aromatic heterocycles. The lowest BCUT2D eigenvalue weighted by molar-refractivity contribution is -0.346. The normalized spacial score (nSPS) is 42.5. The van der Waals surface area contributed by atoms with Gasteiger partial charge in [-0.05, 0) is 46.3 Å². The number of azide groups is 4. The highest BCUT2D eigenvalue weighted by Gasteiger charge is 2.57. The van der Waals surface area contributed by atoms with Crippen LogP contribution in [0.4, 0.5) is 0 Å². The van der Waals surface area contributed by atoms with Crippen LogP contribution in [-0.4, -0.2) is 397 Å². The molecule has 0 aliphatic carbocycles. The Hall–Kier alpha value is -4.53. The molecule has 0 spiro atoms. The maximum atomic E-state index is 12.1. The Morgan fingerprint density at radius 3 is 0.836 bits per heavy atom. The predicted molar refractivity (Wildman–Crippen MR) is 406 cm³/mol. The van der Waals surface area contributed by atoms with E-state index in [2.05, 4.69) is 48.5 Å². The molecule has 40 atom stereocenters. The predicted octanol–water partition coefficient (Wildman–Crippen LogP) is -2.90. The van der Waals surface area contributed by atoms with Crippen molar-refractivity contribution >= 4 is 52.0 Å². The van der Waals surface area contributed by atoms with Crippen molar-refractivity contribution in [2.75, 3.05) is 79.8 Å². The number of aliphatic hydroxyl groups is 6. The summed E-state index contributed by atoms with van der Waals surface area (Å²) in [6.45, 7) is 0.649. The van der Waals surface area contributed by atoms with Gasteiger partial charge in [0.2, 0.25) is 0 Å². The Morgan fingerprint density at radius 1 is 0.352 bits per heavy atom. The maximum Gasteiger partial charge on any atom is 0.397 e. The molecule has 10 aliphatic rings. The van der Waals surface area contributed by atoms with Gasteiger partial charge in [0.25, 0.3) is 0 Å². The van der Waals surface area contributed by atoms with Crippen molar-refractivity contribution in [3.05, 3.63) is 41.8 Å². The van der Waals surface area contributed by atoms with E-state index in [-0.39, 0.29) is 19.4 Å². The summed E-state index contributed by atoms with van der Waals surface area (Å²) in [4.78, 5) is 11.5. The van der Waals surface area contributed by atoms with Crippen LogP contribution in [-0.2, 0) is 172 Å². The molecule has 0 aromatic carbocycles. The lowest BCUT2D eigenvalue weighted by Gasteiger charge is -2.48. The second-order valence-electron chi connectivity index (χ2n) is 31.2. The van der Waals surface area contributed by atoms with E-state index in [0.29, 0.717) is 13.0 Å². The topological polar surface area (TPSA) is 854 Å². The molecular weight excluding hydrogens is 1850 g/mol. The van der Waals surface area contributed by atoms with Crippen molar-refractivity contribution in [2.24, 2.45) is 49.9 Å². The van der Waals surface area contributed by atoms with Crippen LogP contribution in [0.25, 0.3) is 41.8 Å². The fourth-order valence-electron chi connectivity index (χ4n) is 16.0. The van der Waals surface area contributed by atoms with Gasteiger partial charge in [0.1, 0.15) is 73.2 Å². The maximum absolute atomic E-state index is 12.1. The van der Waals surface area contributed by atoms with E-state index in [9.17, 15) is 118 Å². The largest absolute Gasteiger partial charge is 0.397 e. The summed E-state index contributed by atoms with van der Waals surface area (Å²) in [5.41, 5.74) is 45.5. The van der Waals surface area contributed by atoms with Crippen LogP contribution in [0.5, 0.6) is 0 Å². The first kappa shape index (κ1) is 106. The van der Waals surface area contributed by atoms with E-state index < -0.39 is 376 Å². The van der Waals surface area contributed by atoms with E-state index in [1.165, 1.54) is 27.9 Å². The summed E-state index contributed by atoms with van der Waals surface area (Å²) in [5.74, 6) is -4.02. The molecule has 10 aliphatic heterocycles. The van der Waals surface area contributed by atoms with Crippen molar-refractivity contribution < 1.29 is 216 Å². The van der Waals surface area contributed by atoms with Gasteiger partial charge in [-0.3, -0.25) is 22.8 Å². The smallest absolute Gasteiger partial charge is 0.390 e. The molecule has 10 fully saturated rings. The van der Waals surface area contributed by atoms with Crippen LogP contribution in [0, 0.1) is 23.7 Å². The van der Waals surface area contributed by atoms with Crippen LogP contribution >= 0.6 is 0 Å². The number of hydrogen-bond donors (Lipinski definition) is 12. The number of methoxy groups -OCH3 is 1. The van der Waals surface area contributed by atoms with Crippen LogP contribution in [0.15, 0.2) is 20.5 Å². The van der Waals surface area contributed by atoms with E-state index in [4.69, 9.17) is 118 Å². The number of aliphatic hydroxyl groups excluding tert-OH is 6. The third kappa shape index (κ3) is 29.5. The molecule has 734 valence electrons. The van der Waals surface area contributed by atoms with Gasteiger partial charge in [0.05, 0.1) is 151 Å². The van der Waals surface area contributed by atoms with Crippen LogP contribution < -0.4 is 5.73 Å². The Morgan fingerprint density at radius 2 is 0.586 bits per heavy atom. The van der Waals surface area contributed by atoms with Gasteiger partial charge in [0.15, 0.2) is 62.9 Å². The fourth-order valence-corrected chi connectivity index (χ4v) is 17.5. The molecule has 0 amide bonds. The van der Waals surface area contributed by atoms with Gasteiger partial charge in [-0.25, -0.2) is 20.9 Å². The third-order valence-corrected chi connectivity index (χ3v) is 24.7. The molecule has 0 aromatic rings. The zero-order valence-electron chi connectivity index (χ0n) is 68.7. The first-order valence-electron chi connectivity index (χ1n) is 39.8. The lowest BCUT2D eigenvalue weighted by Crippen LogP contribution is -2.62. The lowest BCUT2D eigenvalue weighted by atomic mass is 9.88. The molecule has 0 bridgehead atoms. The second kappa shape index (κ2) is 46.8. The SMILES string of the molecule is CCCO[C@@H]1CO[C@@H](O[C@@H]2C(COS(=O)(=O)O)O[C@@H](O[C@H]3CO[C@@H](O[C@@H]4C(COS(=O)(=O)O)O[C@@H](OC5CO[C@@H](O[C@@H]6C(COS(=O)(=O)O)O[C@@H](O[C@H]7CO[C@@H](O[C@@H]8C(COS(=O)(=O)O)O[C@@H](O[C@H]9CO[C@@H](O[C@@H]%10C(COS(=O)(=O)O)O[C@@H](OC)C(N)[C@H]%10C)C[C@@H]9O)C(N=[N+]=[N-])[C@H]8C)C[C@@H]7O)C(N=[N+]=[N-])[C@H]6C)C[C@@H]5O)C(N=[N+]=[N-])[C@H]4C)C[C@@H]3O)C(N=[N+]=[N-])[C@H]2O)C[C@@H]1O. The number of nitrogens with zero attached hydrogens (tertiary/aromatic N) is 12. The van der Waals surface area contributed by atoms with E-state index in [0.717, 1.165) is 0 Å². The van der Waals surface area contributed by atoms with Crippen LogP contribution in [0.3, 0.4) is 0 Å². The Bertz CT molecular complexity index is 4390. The molecule has 128 heavy (non-hydrogen) atoms.